The Morgan fingerprint density at radius 3 is 2.89 bits per heavy atom. The molecule has 0 aliphatic heterocycles. The van der Waals surface area contributed by atoms with Crippen molar-refractivity contribution in [2.45, 2.75) is 0 Å². The van der Waals surface area contributed by atoms with E-state index < -0.39 is 0 Å². The number of nitrogens with zero attached hydrogens (tertiary/aromatic N) is 3. The topological polar surface area (TPSA) is 49.9 Å². The molecule has 0 bridgehead atoms. The Hall–Kier alpha value is -2.33. The highest BCUT2D eigenvalue weighted by atomic mass is 35.5. The summed E-state index contributed by atoms with van der Waals surface area (Å²) in [5, 5.41) is 15.7. The lowest BCUT2D eigenvalue weighted by Crippen LogP contribution is -2.10. The maximum Gasteiger partial charge on any atom is 0.152 e. The summed E-state index contributed by atoms with van der Waals surface area (Å²) in [7, 11) is 0. The molecule has 0 radical (unpaired) electrons. The summed E-state index contributed by atoms with van der Waals surface area (Å²) in [6.45, 7) is 0. The van der Waals surface area contributed by atoms with Gasteiger partial charge in [-0.25, -0.2) is 0 Å². The first kappa shape index (κ1) is 10.6. The van der Waals surface area contributed by atoms with Gasteiger partial charge in [-0.15, -0.1) is 0 Å². The van der Waals surface area contributed by atoms with Crippen LogP contribution in [0, 0.1) is 0 Å². The maximum atomic E-state index is 9.30. The smallest absolute Gasteiger partial charge is 0.152 e. The molecule has 5 heteroatoms. The number of hydrogen-bond acceptors (Lipinski definition) is 3. The second kappa shape index (κ2) is 3.59. The van der Waals surface area contributed by atoms with Crippen LogP contribution in [0.4, 0.5) is 0 Å². The normalized spacial score (nSPS) is 13.0. The van der Waals surface area contributed by atoms with Crippen LogP contribution in [-0.2, 0) is 0 Å². The summed E-state index contributed by atoms with van der Waals surface area (Å²) in [5.74, 6) is 0. The first-order chi connectivity index (χ1) is 9.31. The van der Waals surface area contributed by atoms with E-state index in [1.54, 1.807) is 6.20 Å². The Kier molecular flexibility index (Phi) is 2.00. The van der Waals surface area contributed by atoms with Gasteiger partial charge >= 0.3 is 0 Å². The van der Waals surface area contributed by atoms with E-state index in [1.165, 1.54) is 0 Å². The molecule has 0 saturated heterocycles. The van der Waals surface area contributed by atoms with Crippen molar-refractivity contribution >= 4 is 38.9 Å². The van der Waals surface area contributed by atoms with Crippen LogP contribution in [0.15, 0.2) is 47.9 Å². The molecule has 4 rings (SSSR count). The fourth-order valence-corrected chi connectivity index (χ4v) is 2.85. The lowest BCUT2D eigenvalue weighted by molar-refractivity contribution is 0.303. The van der Waals surface area contributed by atoms with Gasteiger partial charge < -0.3 is 9.61 Å². The number of benzene rings is 1. The molecule has 4 nitrogen and oxygen atoms in total. The van der Waals surface area contributed by atoms with Crippen molar-refractivity contribution in [3.63, 3.8) is 0 Å². The first-order valence-corrected chi connectivity index (χ1v) is 6.17. The SMILES string of the molecule is O/N=c1\c2nccc3c(Cl)ccc(c32)n2cccc12. The molecule has 0 atom stereocenters. The third-order valence-corrected chi connectivity index (χ3v) is 3.76. The van der Waals surface area contributed by atoms with E-state index in [9.17, 15) is 5.21 Å². The van der Waals surface area contributed by atoms with Crippen LogP contribution in [0.3, 0.4) is 0 Å². The average Bonchev–Trinajstić information content (AvgIpc) is 2.91. The van der Waals surface area contributed by atoms with Gasteiger partial charge in [-0.1, -0.05) is 16.8 Å². The van der Waals surface area contributed by atoms with Crippen molar-refractivity contribution in [1.82, 2.24) is 9.38 Å². The molecule has 0 spiro atoms. The summed E-state index contributed by atoms with van der Waals surface area (Å²) in [6.07, 6.45) is 3.61. The van der Waals surface area contributed by atoms with E-state index in [0.29, 0.717) is 15.9 Å². The summed E-state index contributed by atoms with van der Waals surface area (Å²) >= 11 is 6.23. The molecule has 0 fully saturated rings. The molecule has 0 saturated carbocycles. The van der Waals surface area contributed by atoms with E-state index in [1.807, 2.05) is 40.9 Å². The standard InChI is InChI=1S/C14H8ClN3O/c15-9-3-4-10-12-8(9)5-6-16-14(12)13(17-19)11-2-1-7-18(10)11/h1-7,19H/b17-13-. The van der Waals surface area contributed by atoms with Crippen LogP contribution in [0.25, 0.3) is 27.3 Å². The Morgan fingerprint density at radius 2 is 2.05 bits per heavy atom. The lowest BCUT2D eigenvalue weighted by Gasteiger charge is -2.09. The minimum Gasteiger partial charge on any atom is -0.410 e. The molecule has 1 N–H and O–H groups in total. The molecule has 92 valence electrons. The molecule has 0 amide bonds. The maximum absolute atomic E-state index is 9.30. The molecule has 0 aliphatic carbocycles. The van der Waals surface area contributed by atoms with Crippen molar-refractivity contribution in [3.05, 3.63) is 53.1 Å². The van der Waals surface area contributed by atoms with Crippen molar-refractivity contribution in [2.24, 2.45) is 5.16 Å². The van der Waals surface area contributed by atoms with Gasteiger partial charge in [0, 0.05) is 28.2 Å². The van der Waals surface area contributed by atoms with Crippen LogP contribution in [0.1, 0.15) is 0 Å². The second-order valence-corrected chi connectivity index (χ2v) is 4.77. The van der Waals surface area contributed by atoms with Crippen LogP contribution in [-0.4, -0.2) is 14.6 Å². The molecule has 19 heavy (non-hydrogen) atoms. The van der Waals surface area contributed by atoms with Gasteiger partial charge in [0.05, 0.1) is 11.0 Å². The zero-order valence-corrected chi connectivity index (χ0v) is 10.5. The van der Waals surface area contributed by atoms with Gasteiger partial charge in [-0.2, -0.15) is 0 Å². The third-order valence-electron chi connectivity index (χ3n) is 3.43. The van der Waals surface area contributed by atoms with Gasteiger partial charge in [0.15, 0.2) is 5.36 Å². The van der Waals surface area contributed by atoms with Gasteiger partial charge in [0.25, 0.3) is 0 Å². The molecular weight excluding hydrogens is 262 g/mol. The predicted molar refractivity (Wildman–Crippen MR) is 73.7 cm³/mol. The van der Waals surface area contributed by atoms with Crippen molar-refractivity contribution < 1.29 is 5.21 Å². The zero-order valence-electron chi connectivity index (χ0n) is 9.71. The minimum absolute atomic E-state index is 0.463. The number of fused-ring (bicyclic) bond motifs is 2. The zero-order chi connectivity index (χ0) is 13.0. The largest absolute Gasteiger partial charge is 0.410 e. The molecule has 3 heterocycles. The van der Waals surface area contributed by atoms with Gasteiger partial charge in [0.1, 0.15) is 5.52 Å². The Bertz CT molecular complexity index is 990. The number of aromatic nitrogens is 2. The molecular formula is C14H8ClN3O. The minimum atomic E-state index is 0.463. The summed E-state index contributed by atoms with van der Waals surface area (Å²) in [6, 6.07) is 9.50. The monoisotopic (exact) mass is 269 g/mol. The van der Waals surface area contributed by atoms with E-state index in [2.05, 4.69) is 10.1 Å². The highest BCUT2D eigenvalue weighted by Gasteiger charge is 2.13. The molecule has 3 aromatic heterocycles. The fraction of sp³-hybridized carbons (Fsp3) is 0. The second-order valence-electron chi connectivity index (χ2n) is 4.36. The van der Waals surface area contributed by atoms with Crippen molar-refractivity contribution in [3.8, 4) is 0 Å². The van der Waals surface area contributed by atoms with Gasteiger partial charge in [-0.3, -0.25) is 4.98 Å². The number of halogens is 1. The molecule has 1 aromatic carbocycles. The highest BCUT2D eigenvalue weighted by molar-refractivity contribution is 6.37. The highest BCUT2D eigenvalue weighted by Crippen LogP contribution is 2.30. The van der Waals surface area contributed by atoms with Crippen LogP contribution >= 0.6 is 11.6 Å². The Morgan fingerprint density at radius 1 is 1.16 bits per heavy atom. The first-order valence-electron chi connectivity index (χ1n) is 5.79. The van der Waals surface area contributed by atoms with Crippen LogP contribution in [0.5, 0.6) is 0 Å². The Labute approximate surface area is 112 Å². The van der Waals surface area contributed by atoms with E-state index in [-0.39, 0.29) is 0 Å². The van der Waals surface area contributed by atoms with Gasteiger partial charge in [0.2, 0.25) is 0 Å². The fourth-order valence-electron chi connectivity index (χ4n) is 2.63. The molecule has 4 aromatic rings. The van der Waals surface area contributed by atoms with Gasteiger partial charge in [-0.05, 0) is 30.3 Å². The number of rotatable bonds is 0. The van der Waals surface area contributed by atoms with Crippen molar-refractivity contribution in [2.75, 3.05) is 0 Å². The summed E-state index contributed by atoms with van der Waals surface area (Å²) < 4.78 is 1.97. The van der Waals surface area contributed by atoms with Crippen LogP contribution in [0.2, 0.25) is 5.02 Å². The molecule has 0 unspecified atom stereocenters. The lowest BCUT2D eigenvalue weighted by atomic mass is 10.1. The predicted octanol–water partition coefficient (Wildman–Crippen LogP) is 3.02. The Balaban J connectivity index is 2.53. The average molecular weight is 270 g/mol. The molecule has 0 aliphatic rings. The summed E-state index contributed by atoms with van der Waals surface area (Å²) in [4.78, 5) is 4.35. The van der Waals surface area contributed by atoms with E-state index in [0.717, 1.165) is 21.8 Å². The summed E-state index contributed by atoms with van der Waals surface area (Å²) in [5.41, 5.74) is 2.47. The van der Waals surface area contributed by atoms with E-state index >= 15 is 0 Å². The third kappa shape index (κ3) is 1.24. The van der Waals surface area contributed by atoms with Crippen LogP contribution < -0.4 is 5.36 Å². The van der Waals surface area contributed by atoms with E-state index in [4.69, 9.17) is 11.6 Å². The number of hydrogen-bond donors (Lipinski definition) is 1. The van der Waals surface area contributed by atoms with Crippen molar-refractivity contribution in [1.29, 1.82) is 0 Å². The quantitative estimate of drug-likeness (QED) is 0.394. The number of pyridine rings is 2.